The van der Waals surface area contributed by atoms with Gasteiger partial charge in [-0.2, -0.15) is 4.98 Å². The average molecular weight is 323 g/mol. The van der Waals surface area contributed by atoms with E-state index in [-0.39, 0.29) is 12.6 Å². The van der Waals surface area contributed by atoms with Crippen LogP contribution in [-0.2, 0) is 6.54 Å². The van der Waals surface area contributed by atoms with E-state index < -0.39 is 0 Å². The molecule has 0 unspecified atom stereocenters. The summed E-state index contributed by atoms with van der Waals surface area (Å²) >= 11 is 5.85. The highest BCUT2D eigenvalue weighted by atomic mass is 35.5. The van der Waals surface area contributed by atoms with Gasteiger partial charge in [0.15, 0.2) is 0 Å². The maximum Gasteiger partial charge on any atom is 0.317 e. The number of hydrogen-bond donors (Lipinski definition) is 1. The Morgan fingerprint density at radius 3 is 2.68 bits per heavy atom. The average Bonchev–Trinajstić information content (AvgIpc) is 2.99. The Balaban J connectivity index is 2.04. The van der Waals surface area contributed by atoms with Crippen LogP contribution < -0.4 is 5.32 Å². The third kappa shape index (κ3) is 4.21. The predicted molar refractivity (Wildman–Crippen MR) is 84.5 cm³/mol. The van der Waals surface area contributed by atoms with Crippen LogP contribution in [0.3, 0.4) is 0 Å². The third-order valence-corrected chi connectivity index (χ3v) is 3.34. The first-order valence-electron chi connectivity index (χ1n) is 7.25. The van der Waals surface area contributed by atoms with Crippen molar-refractivity contribution in [2.24, 2.45) is 0 Å². The van der Waals surface area contributed by atoms with Crippen LogP contribution in [0.25, 0.3) is 11.4 Å². The van der Waals surface area contributed by atoms with E-state index in [1.54, 1.807) is 17.0 Å². The van der Waals surface area contributed by atoms with Crippen molar-refractivity contribution in [3.05, 3.63) is 35.2 Å². The molecule has 0 spiro atoms. The van der Waals surface area contributed by atoms with Crippen LogP contribution in [-0.4, -0.2) is 34.2 Å². The summed E-state index contributed by atoms with van der Waals surface area (Å²) in [6, 6.07) is 7.05. The first-order chi connectivity index (χ1) is 10.6. The van der Waals surface area contributed by atoms with Gasteiger partial charge < -0.3 is 14.7 Å². The van der Waals surface area contributed by atoms with E-state index in [0.717, 1.165) is 12.0 Å². The van der Waals surface area contributed by atoms with Gasteiger partial charge in [-0.3, -0.25) is 0 Å². The van der Waals surface area contributed by atoms with E-state index in [1.807, 2.05) is 26.0 Å². The van der Waals surface area contributed by atoms with E-state index in [2.05, 4.69) is 15.5 Å². The molecule has 2 aromatic rings. The Labute approximate surface area is 134 Å². The summed E-state index contributed by atoms with van der Waals surface area (Å²) in [6.07, 6.45) is 0.893. The number of urea groups is 1. The van der Waals surface area contributed by atoms with Crippen LogP contribution in [0.4, 0.5) is 4.79 Å². The summed E-state index contributed by atoms with van der Waals surface area (Å²) in [4.78, 5) is 17.9. The van der Waals surface area contributed by atoms with Crippen molar-refractivity contribution < 1.29 is 9.32 Å². The van der Waals surface area contributed by atoms with Gasteiger partial charge in [0.2, 0.25) is 11.7 Å². The molecule has 6 nitrogen and oxygen atoms in total. The molecule has 2 rings (SSSR count). The first kappa shape index (κ1) is 16.3. The molecular formula is C15H19ClN4O2. The van der Waals surface area contributed by atoms with Gasteiger partial charge >= 0.3 is 6.03 Å². The van der Waals surface area contributed by atoms with Crippen molar-refractivity contribution in [1.29, 1.82) is 0 Å². The lowest BCUT2D eigenvalue weighted by Gasteiger charge is -2.19. The van der Waals surface area contributed by atoms with Gasteiger partial charge in [-0.15, -0.1) is 0 Å². The molecule has 0 radical (unpaired) electrons. The van der Waals surface area contributed by atoms with Crippen LogP contribution in [0.5, 0.6) is 0 Å². The standard InChI is InChI=1S/C15H19ClN4O2/c1-3-9-17-15(21)20(4-2)10-13-18-14(19-22-13)11-5-7-12(16)8-6-11/h5-8H,3-4,9-10H2,1-2H3,(H,17,21). The zero-order valence-electron chi connectivity index (χ0n) is 12.7. The number of benzene rings is 1. The summed E-state index contributed by atoms with van der Waals surface area (Å²) in [5.74, 6) is 0.884. The lowest BCUT2D eigenvalue weighted by Crippen LogP contribution is -2.39. The number of rotatable bonds is 6. The highest BCUT2D eigenvalue weighted by Gasteiger charge is 2.16. The molecule has 0 fully saturated rings. The molecule has 1 aromatic heterocycles. The van der Waals surface area contributed by atoms with Crippen LogP contribution >= 0.6 is 11.6 Å². The Hall–Kier alpha value is -2.08. The molecule has 0 aliphatic heterocycles. The lowest BCUT2D eigenvalue weighted by molar-refractivity contribution is 0.189. The second-order valence-corrected chi connectivity index (χ2v) is 5.20. The molecule has 7 heteroatoms. The molecule has 1 N–H and O–H groups in total. The van der Waals surface area contributed by atoms with Crippen LogP contribution in [0.15, 0.2) is 28.8 Å². The number of hydrogen-bond acceptors (Lipinski definition) is 4. The second-order valence-electron chi connectivity index (χ2n) is 4.76. The quantitative estimate of drug-likeness (QED) is 0.885. The van der Waals surface area contributed by atoms with Crippen molar-refractivity contribution in [2.45, 2.75) is 26.8 Å². The van der Waals surface area contributed by atoms with E-state index in [0.29, 0.717) is 29.8 Å². The minimum Gasteiger partial charge on any atom is -0.338 e. The van der Waals surface area contributed by atoms with Crippen molar-refractivity contribution in [1.82, 2.24) is 20.4 Å². The minimum atomic E-state index is -0.129. The Bertz CT molecular complexity index is 612. The van der Waals surface area contributed by atoms with Crippen molar-refractivity contribution in [2.75, 3.05) is 13.1 Å². The zero-order valence-corrected chi connectivity index (χ0v) is 13.4. The number of carbonyl (C=O) groups excluding carboxylic acids is 1. The highest BCUT2D eigenvalue weighted by Crippen LogP contribution is 2.19. The van der Waals surface area contributed by atoms with E-state index in [4.69, 9.17) is 16.1 Å². The predicted octanol–water partition coefficient (Wildman–Crippen LogP) is 3.33. The normalized spacial score (nSPS) is 10.5. The summed E-state index contributed by atoms with van der Waals surface area (Å²) in [7, 11) is 0. The summed E-state index contributed by atoms with van der Waals surface area (Å²) in [5, 5.41) is 7.42. The van der Waals surface area contributed by atoms with Gasteiger partial charge in [0.05, 0.1) is 0 Å². The van der Waals surface area contributed by atoms with Gasteiger partial charge in [-0.25, -0.2) is 4.79 Å². The molecule has 1 aromatic carbocycles. The van der Waals surface area contributed by atoms with Crippen molar-refractivity contribution in [3.8, 4) is 11.4 Å². The molecule has 22 heavy (non-hydrogen) atoms. The van der Waals surface area contributed by atoms with Gasteiger partial charge in [0, 0.05) is 23.7 Å². The van der Waals surface area contributed by atoms with Gasteiger partial charge in [0.1, 0.15) is 6.54 Å². The highest BCUT2D eigenvalue weighted by molar-refractivity contribution is 6.30. The Morgan fingerprint density at radius 2 is 2.05 bits per heavy atom. The first-order valence-corrected chi connectivity index (χ1v) is 7.63. The molecule has 0 saturated heterocycles. The molecule has 0 atom stereocenters. The van der Waals surface area contributed by atoms with Gasteiger partial charge in [0.25, 0.3) is 0 Å². The number of carbonyl (C=O) groups is 1. The van der Waals surface area contributed by atoms with Crippen molar-refractivity contribution >= 4 is 17.6 Å². The Morgan fingerprint density at radius 1 is 1.32 bits per heavy atom. The molecule has 2 amide bonds. The minimum absolute atomic E-state index is 0.129. The maximum absolute atomic E-state index is 12.0. The van der Waals surface area contributed by atoms with Crippen molar-refractivity contribution in [3.63, 3.8) is 0 Å². The molecule has 0 saturated carbocycles. The zero-order chi connectivity index (χ0) is 15.9. The number of aromatic nitrogens is 2. The fourth-order valence-electron chi connectivity index (χ4n) is 1.87. The molecule has 118 valence electrons. The number of nitrogens with one attached hydrogen (secondary N) is 1. The lowest BCUT2D eigenvalue weighted by atomic mass is 10.2. The second kappa shape index (κ2) is 7.79. The number of amides is 2. The van der Waals surface area contributed by atoms with Crippen LogP contribution in [0.2, 0.25) is 5.02 Å². The van der Waals surface area contributed by atoms with Gasteiger partial charge in [-0.1, -0.05) is 23.7 Å². The fraction of sp³-hybridized carbons (Fsp3) is 0.400. The molecule has 1 heterocycles. The van der Waals surface area contributed by atoms with E-state index in [9.17, 15) is 4.79 Å². The maximum atomic E-state index is 12.0. The third-order valence-electron chi connectivity index (χ3n) is 3.09. The largest absolute Gasteiger partial charge is 0.338 e. The SMILES string of the molecule is CCCNC(=O)N(CC)Cc1nc(-c2ccc(Cl)cc2)no1. The number of halogens is 1. The summed E-state index contributed by atoms with van der Waals surface area (Å²) < 4.78 is 5.22. The smallest absolute Gasteiger partial charge is 0.317 e. The number of nitrogens with zero attached hydrogens (tertiary/aromatic N) is 3. The van der Waals surface area contributed by atoms with Crippen LogP contribution in [0.1, 0.15) is 26.2 Å². The topological polar surface area (TPSA) is 71.3 Å². The molecule has 0 aliphatic carbocycles. The van der Waals surface area contributed by atoms with Gasteiger partial charge in [-0.05, 0) is 37.6 Å². The fourth-order valence-corrected chi connectivity index (χ4v) is 2.00. The molecule has 0 aliphatic rings. The van der Waals surface area contributed by atoms with E-state index >= 15 is 0 Å². The summed E-state index contributed by atoms with van der Waals surface area (Å²) in [6.45, 7) is 5.41. The van der Waals surface area contributed by atoms with E-state index in [1.165, 1.54) is 0 Å². The van der Waals surface area contributed by atoms with Crippen LogP contribution in [0, 0.1) is 0 Å². The molecular weight excluding hydrogens is 304 g/mol. The Kier molecular flexibility index (Phi) is 5.77. The molecule has 0 bridgehead atoms. The summed E-state index contributed by atoms with van der Waals surface area (Å²) in [5.41, 5.74) is 0.817. The monoisotopic (exact) mass is 322 g/mol.